The van der Waals surface area contributed by atoms with Crippen molar-refractivity contribution in [2.75, 3.05) is 19.6 Å². The van der Waals surface area contributed by atoms with Crippen molar-refractivity contribution in [1.82, 2.24) is 10.2 Å². The Morgan fingerprint density at radius 1 is 1.20 bits per heavy atom. The lowest BCUT2D eigenvalue weighted by molar-refractivity contribution is 0.141. The zero-order valence-electron chi connectivity index (χ0n) is 12.8. The monoisotopic (exact) mass is 272 g/mol. The van der Waals surface area contributed by atoms with E-state index in [-0.39, 0.29) is 0 Å². The Labute approximate surface area is 123 Å². The summed E-state index contributed by atoms with van der Waals surface area (Å²) in [5.41, 5.74) is 2.84. The van der Waals surface area contributed by atoms with Gasteiger partial charge in [0.15, 0.2) is 0 Å². The van der Waals surface area contributed by atoms with E-state index in [0.29, 0.717) is 0 Å². The molecule has 0 spiro atoms. The number of nitrogens with zero attached hydrogens (tertiary/aromatic N) is 1. The van der Waals surface area contributed by atoms with E-state index in [2.05, 4.69) is 41.4 Å². The van der Waals surface area contributed by atoms with Gasteiger partial charge < -0.3 is 5.32 Å². The average molecular weight is 272 g/mol. The van der Waals surface area contributed by atoms with Crippen molar-refractivity contribution in [2.45, 2.75) is 51.6 Å². The maximum atomic E-state index is 3.77. The molecule has 1 saturated carbocycles. The highest BCUT2D eigenvalue weighted by atomic mass is 15.2. The van der Waals surface area contributed by atoms with Crippen molar-refractivity contribution >= 4 is 0 Å². The molecule has 2 heteroatoms. The molecule has 1 saturated heterocycles. The van der Waals surface area contributed by atoms with Crippen molar-refractivity contribution in [2.24, 2.45) is 5.92 Å². The lowest BCUT2D eigenvalue weighted by Crippen LogP contribution is -2.53. The third kappa shape index (κ3) is 3.62. The quantitative estimate of drug-likeness (QED) is 0.908. The van der Waals surface area contributed by atoms with E-state index >= 15 is 0 Å². The van der Waals surface area contributed by atoms with E-state index in [1.54, 1.807) is 0 Å². The molecule has 0 bridgehead atoms. The third-order valence-corrected chi connectivity index (χ3v) is 5.00. The van der Waals surface area contributed by atoms with E-state index in [1.165, 1.54) is 56.3 Å². The molecule has 0 radical (unpaired) electrons. The lowest BCUT2D eigenvalue weighted by atomic mass is 9.83. The first kappa shape index (κ1) is 14.1. The second-order valence-corrected chi connectivity index (χ2v) is 6.68. The first-order chi connectivity index (χ1) is 9.81. The molecule has 2 aliphatic rings. The molecule has 1 N–H and O–H groups in total. The zero-order chi connectivity index (χ0) is 13.8. The summed E-state index contributed by atoms with van der Waals surface area (Å²) in [6, 6.07) is 9.70. The third-order valence-electron chi connectivity index (χ3n) is 5.00. The summed E-state index contributed by atoms with van der Waals surface area (Å²) in [6.07, 6.45) is 7.23. The van der Waals surface area contributed by atoms with Crippen LogP contribution in [0.5, 0.6) is 0 Å². The minimum absolute atomic E-state index is 0.730. The first-order valence-corrected chi connectivity index (χ1v) is 8.32. The van der Waals surface area contributed by atoms with Crippen molar-refractivity contribution in [3.05, 3.63) is 35.4 Å². The fourth-order valence-corrected chi connectivity index (χ4v) is 3.91. The number of rotatable bonds is 3. The van der Waals surface area contributed by atoms with Gasteiger partial charge in [-0.1, -0.05) is 49.1 Å². The van der Waals surface area contributed by atoms with Gasteiger partial charge in [0.25, 0.3) is 0 Å². The van der Waals surface area contributed by atoms with E-state index in [1.807, 2.05) is 0 Å². The van der Waals surface area contributed by atoms with Crippen molar-refractivity contribution < 1.29 is 0 Å². The highest BCUT2D eigenvalue weighted by molar-refractivity contribution is 5.22. The van der Waals surface area contributed by atoms with Gasteiger partial charge in [-0.05, 0) is 31.2 Å². The molecular weight excluding hydrogens is 244 g/mol. The number of nitrogens with one attached hydrogen (secondary N) is 1. The largest absolute Gasteiger partial charge is 0.311 e. The molecule has 110 valence electrons. The molecule has 1 aromatic rings. The van der Waals surface area contributed by atoms with Crippen LogP contribution in [0.25, 0.3) is 0 Å². The van der Waals surface area contributed by atoms with Crippen LogP contribution in [0.4, 0.5) is 0 Å². The molecule has 1 aliphatic heterocycles. The molecular formula is C18H28N2. The molecule has 2 nitrogen and oxygen atoms in total. The van der Waals surface area contributed by atoms with Crippen LogP contribution in [0.1, 0.15) is 43.2 Å². The van der Waals surface area contributed by atoms with Crippen molar-refractivity contribution in [1.29, 1.82) is 0 Å². The fourth-order valence-electron chi connectivity index (χ4n) is 3.91. The standard InChI is InChI=1S/C18H28N2/c1-15-6-5-7-16(12-15)13-20-11-10-19-18(14-20)17-8-3-2-4-9-17/h5-7,12,17-19H,2-4,8-11,13-14H2,1H3. The number of aryl methyl sites for hydroxylation is 1. The van der Waals surface area contributed by atoms with E-state index < -0.39 is 0 Å². The van der Waals surface area contributed by atoms with Crippen LogP contribution in [0, 0.1) is 12.8 Å². The Balaban J connectivity index is 1.57. The van der Waals surface area contributed by atoms with E-state index in [9.17, 15) is 0 Å². The molecule has 3 rings (SSSR count). The van der Waals surface area contributed by atoms with Crippen LogP contribution in [-0.2, 0) is 6.54 Å². The van der Waals surface area contributed by atoms with Crippen LogP contribution < -0.4 is 5.32 Å². The number of hydrogen-bond donors (Lipinski definition) is 1. The van der Waals surface area contributed by atoms with Gasteiger partial charge in [-0.25, -0.2) is 0 Å². The highest BCUT2D eigenvalue weighted by Gasteiger charge is 2.27. The Bertz CT molecular complexity index is 423. The van der Waals surface area contributed by atoms with Gasteiger partial charge in [-0.15, -0.1) is 0 Å². The summed E-state index contributed by atoms with van der Waals surface area (Å²) in [7, 11) is 0. The predicted molar refractivity (Wildman–Crippen MR) is 84.8 cm³/mol. The van der Waals surface area contributed by atoms with Crippen LogP contribution in [0.3, 0.4) is 0 Å². The molecule has 20 heavy (non-hydrogen) atoms. The summed E-state index contributed by atoms with van der Waals surface area (Å²) in [5, 5.41) is 3.77. The van der Waals surface area contributed by atoms with Crippen LogP contribution in [0.15, 0.2) is 24.3 Å². The van der Waals surface area contributed by atoms with Crippen LogP contribution >= 0.6 is 0 Å². The Morgan fingerprint density at radius 2 is 2.05 bits per heavy atom. The first-order valence-electron chi connectivity index (χ1n) is 8.32. The molecule has 0 aromatic heterocycles. The van der Waals surface area contributed by atoms with Crippen molar-refractivity contribution in [3.8, 4) is 0 Å². The van der Waals surface area contributed by atoms with Gasteiger partial charge in [-0.2, -0.15) is 0 Å². The fraction of sp³-hybridized carbons (Fsp3) is 0.667. The molecule has 2 fully saturated rings. The van der Waals surface area contributed by atoms with Crippen molar-refractivity contribution in [3.63, 3.8) is 0 Å². The van der Waals surface area contributed by atoms with E-state index in [4.69, 9.17) is 0 Å². The minimum atomic E-state index is 0.730. The molecule has 0 amide bonds. The number of hydrogen-bond acceptors (Lipinski definition) is 2. The normalized spacial score (nSPS) is 25.8. The summed E-state index contributed by atoms with van der Waals surface area (Å²) in [5.74, 6) is 0.920. The molecule has 1 aliphatic carbocycles. The molecule has 1 atom stereocenters. The number of piperazine rings is 1. The second-order valence-electron chi connectivity index (χ2n) is 6.68. The van der Waals surface area contributed by atoms with Crippen LogP contribution in [0.2, 0.25) is 0 Å². The van der Waals surface area contributed by atoms with Gasteiger partial charge in [0.05, 0.1) is 0 Å². The van der Waals surface area contributed by atoms with Crippen LogP contribution in [-0.4, -0.2) is 30.6 Å². The Kier molecular flexibility index (Phi) is 4.74. The van der Waals surface area contributed by atoms with Gasteiger partial charge in [-0.3, -0.25) is 4.90 Å². The average Bonchev–Trinajstić information content (AvgIpc) is 2.48. The molecule has 1 unspecified atom stereocenters. The topological polar surface area (TPSA) is 15.3 Å². The molecule has 1 heterocycles. The SMILES string of the molecule is Cc1cccc(CN2CCNC(C3CCCCC3)C2)c1. The maximum Gasteiger partial charge on any atom is 0.0235 e. The molecule has 1 aromatic carbocycles. The van der Waals surface area contributed by atoms with Gasteiger partial charge in [0, 0.05) is 32.2 Å². The number of benzene rings is 1. The Hall–Kier alpha value is -0.860. The van der Waals surface area contributed by atoms with Gasteiger partial charge in [0.2, 0.25) is 0 Å². The highest BCUT2D eigenvalue weighted by Crippen LogP contribution is 2.28. The summed E-state index contributed by atoms with van der Waals surface area (Å²) in [4.78, 5) is 2.64. The lowest BCUT2D eigenvalue weighted by Gasteiger charge is -2.39. The van der Waals surface area contributed by atoms with Gasteiger partial charge >= 0.3 is 0 Å². The predicted octanol–water partition coefficient (Wildman–Crippen LogP) is 3.35. The minimum Gasteiger partial charge on any atom is -0.311 e. The maximum absolute atomic E-state index is 3.77. The van der Waals surface area contributed by atoms with Gasteiger partial charge in [0.1, 0.15) is 0 Å². The Morgan fingerprint density at radius 3 is 2.85 bits per heavy atom. The zero-order valence-corrected chi connectivity index (χ0v) is 12.8. The van der Waals surface area contributed by atoms with E-state index in [0.717, 1.165) is 25.0 Å². The summed E-state index contributed by atoms with van der Waals surface area (Å²) >= 11 is 0. The summed E-state index contributed by atoms with van der Waals surface area (Å²) in [6.45, 7) is 6.89. The smallest absolute Gasteiger partial charge is 0.0235 e. The summed E-state index contributed by atoms with van der Waals surface area (Å²) < 4.78 is 0. The second kappa shape index (κ2) is 6.73.